The van der Waals surface area contributed by atoms with Crippen LogP contribution in [0.15, 0.2) is 18.2 Å². The van der Waals surface area contributed by atoms with Gasteiger partial charge in [-0.15, -0.1) is 0 Å². The molecule has 1 rings (SSSR count). The van der Waals surface area contributed by atoms with Gasteiger partial charge in [0.1, 0.15) is 0 Å². The van der Waals surface area contributed by atoms with Crippen molar-refractivity contribution in [2.45, 2.75) is 39.8 Å². The fraction of sp³-hybridized carbons (Fsp3) is 0.571. The van der Waals surface area contributed by atoms with E-state index in [1.807, 2.05) is 18.2 Å². The summed E-state index contributed by atoms with van der Waals surface area (Å²) in [6, 6.07) is 6.64. The van der Waals surface area contributed by atoms with Gasteiger partial charge in [-0.05, 0) is 39.8 Å². The van der Waals surface area contributed by atoms with Gasteiger partial charge < -0.3 is 11.1 Å². The normalized spacial score (nSPS) is 11.6. The molecule has 0 heterocycles. The third-order valence-electron chi connectivity index (χ3n) is 3.04. The quantitative estimate of drug-likeness (QED) is 0.777. The van der Waals surface area contributed by atoms with Crippen molar-refractivity contribution in [3.05, 3.63) is 23.2 Å². The molecule has 3 N–H and O–H groups in total. The molecule has 0 spiro atoms. The Morgan fingerprint density at radius 2 is 1.83 bits per heavy atom. The minimum Gasteiger partial charge on any atom is -0.397 e. The largest absolute Gasteiger partial charge is 0.397 e. The van der Waals surface area contributed by atoms with Gasteiger partial charge in [0, 0.05) is 25.2 Å². The van der Waals surface area contributed by atoms with E-state index in [-0.39, 0.29) is 0 Å². The number of nitrogens with one attached hydrogen (secondary N) is 1. The first-order chi connectivity index (χ1) is 8.43. The van der Waals surface area contributed by atoms with E-state index < -0.39 is 0 Å². The van der Waals surface area contributed by atoms with Crippen molar-refractivity contribution in [2.24, 2.45) is 0 Å². The van der Waals surface area contributed by atoms with Gasteiger partial charge >= 0.3 is 0 Å². The summed E-state index contributed by atoms with van der Waals surface area (Å²) in [7, 11) is 0. The summed E-state index contributed by atoms with van der Waals surface area (Å²) in [6.07, 6.45) is 0. The van der Waals surface area contributed by atoms with Gasteiger partial charge in [-0.1, -0.05) is 17.7 Å². The zero-order chi connectivity index (χ0) is 13.7. The summed E-state index contributed by atoms with van der Waals surface area (Å²) in [5.41, 5.74) is 7.43. The summed E-state index contributed by atoms with van der Waals surface area (Å²) in [5.74, 6) is 0. The van der Waals surface area contributed by atoms with Crippen LogP contribution in [0.25, 0.3) is 0 Å². The third-order valence-corrected chi connectivity index (χ3v) is 3.36. The van der Waals surface area contributed by atoms with Crippen LogP contribution in [0, 0.1) is 0 Å². The molecule has 0 bridgehead atoms. The zero-order valence-electron chi connectivity index (χ0n) is 11.7. The summed E-state index contributed by atoms with van der Waals surface area (Å²) in [4.78, 5) is 2.43. The van der Waals surface area contributed by atoms with Crippen LogP contribution in [0.5, 0.6) is 0 Å². The first-order valence-electron chi connectivity index (χ1n) is 6.47. The molecule has 0 saturated heterocycles. The van der Waals surface area contributed by atoms with E-state index in [1.54, 1.807) is 0 Å². The monoisotopic (exact) mass is 269 g/mol. The van der Waals surface area contributed by atoms with E-state index in [1.165, 1.54) is 0 Å². The minimum absolute atomic E-state index is 0.537. The average Bonchev–Trinajstić information content (AvgIpc) is 2.26. The highest BCUT2D eigenvalue weighted by Gasteiger charge is 2.13. The molecule has 18 heavy (non-hydrogen) atoms. The number of hydrogen-bond acceptors (Lipinski definition) is 3. The number of nitrogen functional groups attached to an aromatic ring is 1. The first kappa shape index (κ1) is 15.1. The number of anilines is 2. The third kappa shape index (κ3) is 4.07. The smallest absolute Gasteiger partial charge is 0.0763 e. The maximum Gasteiger partial charge on any atom is 0.0763 e. The molecular formula is C14H24ClN3. The second-order valence-electron chi connectivity index (χ2n) is 5.06. The molecule has 0 unspecified atom stereocenters. The number of nitrogens with two attached hydrogens (primary N) is 1. The molecule has 0 saturated carbocycles. The molecule has 0 aromatic heterocycles. The summed E-state index contributed by atoms with van der Waals surface area (Å²) >= 11 is 6.11. The molecule has 3 nitrogen and oxygen atoms in total. The highest BCUT2D eigenvalue weighted by atomic mass is 35.5. The lowest BCUT2D eigenvalue weighted by molar-refractivity contribution is 0.182. The van der Waals surface area contributed by atoms with Crippen molar-refractivity contribution >= 4 is 23.0 Å². The van der Waals surface area contributed by atoms with Crippen molar-refractivity contribution in [3.8, 4) is 0 Å². The van der Waals surface area contributed by atoms with E-state index in [9.17, 15) is 0 Å². The molecule has 0 fully saturated rings. The van der Waals surface area contributed by atoms with Crippen LogP contribution in [-0.2, 0) is 0 Å². The zero-order valence-corrected chi connectivity index (χ0v) is 12.5. The van der Waals surface area contributed by atoms with Crippen molar-refractivity contribution in [1.82, 2.24) is 4.90 Å². The van der Waals surface area contributed by atoms with Gasteiger partial charge in [-0.3, -0.25) is 4.90 Å². The van der Waals surface area contributed by atoms with Crippen molar-refractivity contribution < 1.29 is 0 Å². The SMILES string of the molecule is CC(C)N(CCNc1c(N)cccc1Cl)C(C)C. The predicted molar refractivity (Wildman–Crippen MR) is 81.3 cm³/mol. The predicted octanol–water partition coefficient (Wildman–Crippen LogP) is 3.45. The van der Waals surface area contributed by atoms with Crippen LogP contribution in [0.1, 0.15) is 27.7 Å². The van der Waals surface area contributed by atoms with Crippen LogP contribution in [0.2, 0.25) is 5.02 Å². The highest BCUT2D eigenvalue weighted by Crippen LogP contribution is 2.27. The topological polar surface area (TPSA) is 41.3 Å². The van der Waals surface area contributed by atoms with Crippen molar-refractivity contribution in [1.29, 1.82) is 0 Å². The van der Waals surface area contributed by atoms with Gasteiger partial charge in [-0.2, -0.15) is 0 Å². The van der Waals surface area contributed by atoms with E-state index in [0.717, 1.165) is 18.8 Å². The molecule has 1 aromatic rings. The number of hydrogen-bond donors (Lipinski definition) is 2. The summed E-state index contributed by atoms with van der Waals surface area (Å²) in [6.45, 7) is 10.7. The Bertz CT molecular complexity index is 349. The Hall–Kier alpha value is -0.930. The fourth-order valence-corrected chi connectivity index (χ4v) is 2.40. The Morgan fingerprint density at radius 3 is 2.33 bits per heavy atom. The van der Waals surface area contributed by atoms with Crippen molar-refractivity contribution in [2.75, 3.05) is 24.1 Å². The van der Waals surface area contributed by atoms with Gasteiger partial charge in [-0.25, -0.2) is 0 Å². The average molecular weight is 270 g/mol. The molecule has 4 heteroatoms. The van der Waals surface area contributed by atoms with Gasteiger partial charge in [0.2, 0.25) is 0 Å². The lowest BCUT2D eigenvalue weighted by atomic mass is 10.2. The Morgan fingerprint density at radius 1 is 1.22 bits per heavy atom. The molecule has 0 aliphatic heterocycles. The Kier molecular flexibility index (Phi) is 5.76. The molecule has 1 aromatic carbocycles. The lowest BCUT2D eigenvalue weighted by Crippen LogP contribution is -2.40. The van der Waals surface area contributed by atoms with E-state index in [4.69, 9.17) is 17.3 Å². The van der Waals surface area contributed by atoms with E-state index in [0.29, 0.717) is 22.8 Å². The Balaban J connectivity index is 2.55. The molecule has 0 aliphatic rings. The molecule has 0 aliphatic carbocycles. The Labute approximate surface area is 115 Å². The van der Waals surface area contributed by atoms with Gasteiger partial charge in [0.05, 0.1) is 16.4 Å². The van der Waals surface area contributed by atoms with E-state index >= 15 is 0 Å². The first-order valence-corrected chi connectivity index (χ1v) is 6.85. The second kappa shape index (κ2) is 6.86. The number of benzene rings is 1. The lowest BCUT2D eigenvalue weighted by Gasteiger charge is -2.30. The second-order valence-corrected chi connectivity index (χ2v) is 5.46. The number of halogens is 1. The number of rotatable bonds is 6. The van der Waals surface area contributed by atoms with Gasteiger partial charge in [0.15, 0.2) is 0 Å². The molecular weight excluding hydrogens is 246 g/mol. The van der Waals surface area contributed by atoms with Gasteiger partial charge in [0.25, 0.3) is 0 Å². The number of para-hydroxylation sites is 1. The molecule has 0 radical (unpaired) electrons. The summed E-state index contributed by atoms with van der Waals surface area (Å²) in [5, 5.41) is 4.00. The molecule has 0 amide bonds. The van der Waals surface area contributed by atoms with Crippen LogP contribution < -0.4 is 11.1 Å². The van der Waals surface area contributed by atoms with Crippen LogP contribution in [-0.4, -0.2) is 30.1 Å². The van der Waals surface area contributed by atoms with E-state index in [2.05, 4.69) is 37.9 Å². The summed E-state index contributed by atoms with van der Waals surface area (Å²) < 4.78 is 0. The molecule has 0 atom stereocenters. The van der Waals surface area contributed by atoms with Crippen LogP contribution >= 0.6 is 11.6 Å². The number of nitrogens with zero attached hydrogens (tertiary/aromatic N) is 1. The highest BCUT2D eigenvalue weighted by molar-refractivity contribution is 6.33. The van der Waals surface area contributed by atoms with Crippen LogP contribution in [0.3, 0.4) is 0 Å². The van der Waals surface area contributed by atoms with Crippen molar-refractivity contribution in [3.63, 3.8) is 0 Å². The standard InChI is InChI=1S/C14H24ClN3/c1-10(2)18(11(3)4)9-8-17-14-12(15)6-5-7-13(14)16/h5-7,10-11,17H,8-9,16H2,1-4H3. The minimum atomic E-state index is 0.537. The fourth-order valence-electron chi connectivity index (χ4n) is 2.15. The maximum absolute atomic E-state index is 6.11. The molecule has 102 valence electrons. The maximum atomic E-state index is 6.11. The van der Waals surface area contributed by atoms with Crippen LogP contribution in [0.4, 0.5) is 11.4 Å².